The molecule has 0 saturated heterocycles. The van der Waals surface area contributed by atoms with Crippen molar-refractivity contribution in [1.29, 1.82) is 0 Å². The predicted octanol–water partition coefficient (Wildman–Crippen LogP) is 13.2. The molecule has 0 radical (unpaired) electrons. The van der Waals surface area contributed by atoms with Crippen molar-refractivity contribution in [3.05, 3.63) is 192 Å². The van der Waals surface area contributed by atoms with Crippen molar-refractivity contribution in [3.8, 4) is 78.6 Å². The summed E-state index contributed by atoms with van der Waals surface area (Å²) in [6.45, 7) is -0.776. The summed E-state index contributed by atoms with van der Waals surface area (Å²) in [4.78, 5) is 10.1. The van der Waals surface area contributed by atoms with Crippen molar-refractivity contribution in [2.24, 2.45) is 0 Å². The fourth-order valence-electron chi connectivity index (χ4n) is 7.50. The smallest absolute Gasteiger partial charge is 0.148 e. The summed E-state index contributed by atoms with van der Waals surface area (Å²) < 4.78 is 50.8. The second-order valence-electron chi connectivity index (χ2n) is 14.1. The molecule has 7 aromatic carbocycles. The number of pyridine rings is 1. The van der Waals surface area contributed by atoms with Gasteiger partial charge < -0.3 is 5.11 Å². The first kappa shape index (κ1) is 30.8. The topological polar surface area (TPSA) is 50.9 Å². The molecule has 9 aromatic rings. The Morgan fingerprint density at radius 3 is 1.96 bits per heavy atom. The average molecular weight is 924 g/mol. The Morgan fingerprint density at radius 2 is 1.25 bits per heavy atom. The third-order valence-corrected chi connectivity index (χ3v) is 10.2. The van der Waals surface area contributed by atoms with Gasteiger partial charge >= 0.3 is 0 Å². The maximum absolute atomic E-state index is 11.7. The van der Waals surface area contributed by atoms with E-state index in [1.807, 2.05) is 128 Å². The van der Waals surface area contributed by atoms with Crippen molar-refractivity contribution >= 4 is 11.0 Å². The number of aryl methyl sites for hydroxylation is 4. The summed E-state index contributed by atoms with van der Waals surface area (Å²) in [6, 6.07) is 53.5. The second-order valence-corrected chi connectivity index (χ2v) is 14.1. The summed E-state index contributed by atoms with van der Waals surface area (Å²) in [5.41, 5.74) is 12.7. The minimum Gasteiger partial charge on any atom is -0.507 e. The molecule has 0 amide bonds. The molecule has 2 heterocycles. The molecule has 0 fully saturated rings. The maximum atomic E-state index is 11.7. The number of fused-ring (bicyclic) bond motifs is 1. The van der Waals surface area contributed by atoms with Crippen LogP contribution in [0.1, 0.15) is 30.5 Å². The van der Waals surface area contributed by atoms with Gasteiger partial charge in [0.05, 0.1) is 16.6 Å². The SMILES string of the molecule is [2H]C([2H])([2H])c1ccc(-c2ccnc(-c3[c-]c(-c4cccc5c4nc(-c4cc(C)cc(C)c4O)n5-c4cc(-c5ccccc5)cc(C([2H])([2H])[2H])c4)cc(-c4ccccc4)c3)c2)cc1.[Pt]. The van der Waals surface area contributed by atoms with E-state index in [-0.39, 0.29) is 37.9 Å². The molecule has 0 bridgehead atoms. The van der Waals surface area contributed by atoms with E-state index in [1.54, 1.807) is 30.5 Å². The number of nitrogens with zero attached hydrogens (tertiary/aromatic N) is 3. The number of rotatable bonds is 7. The van der Waals surface area contributed by atoms with Crippen molar-refractivity contribution in [3.63, 3.8) is 0 Å². The van der Waals surface area contributed by atoms with Gasteiger partial charge in [0.2, 0.25) is 0 Å². The minimum absolute atomic E-state index is 0. The number of benzene rings is 7. The van der Waals surface area contributed by atoms with Crippen LogP contribution in [0.25, 0.3) is 83.9 Å². The monoisotopic (exact) mass is 923 g/mol. The first-order chi connectivity index (χ1) is 29.7. The Hall–Kier alpha value is -6.35. The number of aromatic hydroxyl groups is 1. The molecular formula is C52H40N3OPt-. The Kier molecular flexibility index (Phi) is 8.46. The van der Waals surface area contributed by atoms with Gasteiger partial charge in [0.15, 0.2) is 0 Å². The zero-order chi connectivity index (χ0) is 43.3. The van der Waals surface area contributed by atoms with Crippen molar-refractivity contribution in [2.45, 2.75) is 27.6 Å². The first-order valence-corrected chi connectivity index (χ1v) is 18.5. The standard InChI is InChI=1S/C52H40N3O.Pt/c1-33-18-20-39(21-19-33)40-22-23-53-48(32-40)44-29-42(38-14-9-6-10-15-38)28-43(30-44)46-16-11-17-49-50(46)54-52(47-27-34(2)24-36(4)51(47)56)55(49)45-26-35(3)25-41(31-45)37-12-7-5-8-13-37;/h5-29,31-32,56H,1-4H3;/q-1;/i1D3,3D3;. The van der Waals surface area contributed by atoms with E-state index in [2.05, 4.69) is 30.3 Å². The van der Waals surface area contributed by atoms with Crippen LogP contribution in [0.15, 0.2) is 164 Å². The number of hydrogen-bond acceptors (Lipinski definition) is 3. The van der Waals surface area contributed by atoms with Crippen LogP contribution in [0.5, 0.6) is 5.75 Å². The summed E-state index contributed by atoms with van der Waals surface area (Å²) in [5.74, 6) is 0.541. The van der Waals surface area contributed by atoms with Crippen LogP contribution >= 0.6 is 0 Å². The van der Waals surface area contributed by atoms with Crippen LogP contribution in [0.4, 0.5) is 0 Å². The second kappa shape index (κ2) is 15.7. The third-order valence-electron chi connectivity index (χ3n) is 10.2. The summed E-state index contributed by atoms with van der Waals surface area (Å²) >= 11 is 0. The molecule has 0 atom stereocenters. The number of para-hydroxylation sites is 1. The van der Waals surface area contributed by atoms with Crippen LogP contribution < -0.4 is 0 Å². The third kappa shape index (κ3) is 7.37. The van der Waals surface area contributed by atoms with Gasteiger partial charge in [0, 0.05) is 46.9 Å². The van der Waals surface area contributed by atoms with E-state index in [1.165, 1.54) is 0 Å². The number of aromatic nitrogens is 3. The zero-order valence-electron chi connectivity index (χ0n) is 37.2. The average Bonchev–Trinajstić information content (AvgIpc) is 3.67. The van der Waals surface area contributed by atoms with Crippen molar-refractivity contribution < 1.29 is 34.4 Å². The van der Waals surface area contributed by atoms with Gasteiger partial charge in [-0.2, -0.15) is 0 Å². The molecule has 0 aliphatic rings. The molecule has 0 spiro atoms. The number of hydrogen-bond donors (Lipinski definition) is 1. The molecule has 2 aromatic heterocycles. The molecular weight excluding hydrogens is 878 g/mol. The van der Waals surface area contributed by atoms with Crippen LogP contribution in [-0.2, 0) is 21.1 Å². The molecule has 280 valence electrons. The molecule has 0 saturated carbocycles. The maximum Gasteiger partial charge on any atom is 0.148 e. The van der Waals surface area contributed by atoms with Gasteiger partial charge in [-0.3, -0.25) is 9.55 Å². The van der Waals surface area contributed by atoms with Crippen LogP contribution in [-0.4, -0.2) is 19.6 Å². The number of imidazole rings is 1. The quantitative estimate of drug-likeness (QED) is 0.162. The minimum atomic E-state index is -2.40. The van der Waals surface area contributed by atoms with Crippen LogP contribution in [0, 0.1) is 33.6 Å². The Labute approximate surface area is 356 Å². The molecule has 0 aliphatic heterocycles. The van der Waals surface area contributed by atoms with E-state index in [0.29, 0.717) is 39.4 Å². The van der Waals surface area contributed by atoms with Gasteiger partial charge in [0.25, 0.3) is 0 Å². The molecule has 9 rings (SSSR count). The van der Waals surface area contributed by atoms with Gasteiger partial charge in [-0.15, -0.1) is 23.8 Å². The molecule has 5 heteroatoms. The zero-order valence-corrected chi connectivity index (χ0v) is 33.5. The number of phenolic OH excluding ortho intramolecular Hbond substituents is 1. The van der Waals surface area contributed by atoms with Gasteiger partial charge in [-0.1, -0.05) is 138 Å². The predicted molar refractivity (Wildman–Crippen MR) is 231 cm³/mol. The fourth-order valence-corrected chi connectivity index (χ4v) is 7.50. The first-order valence-electron chi connectivity index (χ1n) is 21.5. The fraction of sp³-hybridized carbons (Fsp3) is 0.0769. The Bertz CT molecular complexity index is 3130. The van der Waals surface area contributed by atoms with E-state index >= 15 is 0 Å². The summed E-state index contributed by atoms with van der Waals surface area (Å²) in [6.07, 6.45) is 1.74. The number of phenols is 1. The molecule has 57 heavy (non-hydrogen) atoms. The molecule has 0 unspecified atom stereocenters. The van der Waals surface area contributed by atoms with Crippen LogP contribution in [0.3, 0.4) is 0 Å². The summed E-state index contributed by atoms with van der Waals surface area (Å²) in [7, 11) is 0. The normalized spacial score (nSPS) is 13.1. The van der Waals surface area contributed by atoms with E-state index in [0.717, 1.165) is 55.6 Å². The summed E-state index contributed by atoms with van der Waals surface area (Å²) in [5, 5.41) is 11.7. The van der Waals surface area contributed by atoms with E-state index in [9.17, 15) is 5.11 Å². The molecule has 4 nitrogen and oxygen atoms in total. The van der Waals surface area contributed by atoms with Gasteiger partial charge in [-0.05, 0) is 102 Å². The molecule has 1 N–H and O–H groups in total. The largest absolute Gasteiger partial charge is 0.507 e. The Balaban J connectivity index is 0.00000544. The van der Waals surface area contributed by atoms with E-state index in [4.69, 9.17) is 18.2 Å². The van der Waals surface area contributed by atoms with Crippen LogP contribution in [0.2, 0.25) is 0 Å². The van der Waals surface area contributed by atoms with E-state index < -0.39 is 13.7 Å². The van der Waals surface area contributed by atoms with Crippen molar-refractivity contribution in [2.75, 3.05) is 0 Å². The van der Waals surface area contributed by atoms with Gasteiger partial charge in [0.1, 0.15) is 11.6 Å². The Morgan fingerprint density at radius 1 is 0.561 bits per heavy atom. The van der Waals surface area contributed by atoms with Gasteiger partial charge in [-0.25, -0.2) is 4.98 Å². The molecule has 0 aliphatic carbocycles. The van der Waals surface area contributed by atoms with Crippen molar-refractivity contribution in [1.82, 2.24) is 14.5 Å².